The molecule has 0 nitrogen and oxygen atoms in total. The first-order valence-corrected chi connectivity index (χ1v) is 20.5. The maximum atomic E-state index is 2.47. The zero-order chi connectivity index (χ0) is 35.1. The second-order valence-electron chi connectivity index (χ2n) is 18.3. The van der Waals surface area contributed by atoms with Gasteiger partial charge in [0.15, 0.2) is 0 Å². The maximum Gasteiger partial charge on any atom is -0.00141 e. The summed E-state index contributed by atoms with van der Waals surface area (Å²) < 4.78 is 0. The Bertz CT molecular complexity index is 1360. The summed E-state index contributed by atoms with van der Waals surface area (Å²) in [4.78, 5) is 0. The van der Waals surface area contributed by atoms with Crippen molar-refractivity contribution in [3.05, 3.63) is 79.9 Å². The highest BCUT2D eigenvalue weighted by atomic mass is 14.4. The molecule has 0 aromatic heterocycles. The molecule has 0 atom stereocenters. The van der Waals surface area contributed by atoms with Crippen LogP contribution in [0.3, 0.4) is 0 Å². The second-order valence-corrected chi connectivity index (χ2v) is 18.3. The van der Waals surface area contributed by atoms with Gasteiger partial charge in [-0.15, -0.1) is 0 Å². The minimum Gasteiger partial charge on any atom is -0.0628 e. The maximum absolute atomic E-state index is 2.47. The van der Waals surface area contributed by atoms with E-state index in [0.29, 0.717) is 11.8 Å². The molecule has 4 rings (SSSR count). The third-order valence-electron chi connectivity index (χ3n) is 11.4. The van der Waals surface area contributed by atoms with Gasteiger partial charge in [-0.05, 0) is 192 Å². The number of hydrogen-bond acceptors (Lipinski definition) is 0. The van der Waals surface area contributed by atoms with E-state index < -0.39 is 0 Å². The average Bonchev–Trinajstić information content (AvgIpc) is 3.01. The van der Waals surface area contributed by atoms with Crippen LogP contribution in [0.1, 0.15) is 177 Å². The lowest BCUT2D eigenvalue weighted by Gasteiger charge is -2.34. The van der Waals surface area contributed by atoms with Crippen LogP contribution >= 0.6 is 0 Å². The molecule has 0 heteroatoms. The van der Waals surface area contributed by atoms with E-state index in [1.165, 1.54) is 77.0 Å². The lowest BCUT2D eigenvalue weighted by atomic mass is 9.70. The van der Waals surface area contributed by atoms with Crippen molar-refractivity contribution >= 4 is 10.8 Å². The van der Waals surface area contributed by atoms with E-state index in [1.54, 1.807) is 66.4 Å². The molecule has 0 spiro atoms. The SMILES string of the molecule is CC(C)CCc1c(CCC(C)C)c(CCC(C)C)c2c(c1CCC(C)C)Cc1c(c(CCC(C)C)c3ccccc3c1CCC(C)C)C2. The molecule has 3 aromatic rings. The van der Waals surface area contributed by atoms with Crippen molar-refractivity contribution < 1.29 is 0 Å². The van der Waals surface area contributed by atoms with Gasteiger partial charge in [0.25, 0.3) is 0 Å². The molecule has 1 aliphatic rings. The molecule has 266 valence electrons. The standard InChI is InChI=1S/C48H74/c1-31(2)17-23-39-40(24-18-32(3)4)44(28-22-36(11)12)48-30-46-42(26-20-34(7)8)38-16-14-13-15-37(38)41(25-19-33(5)6)45(46)29-47(48)43(39)27-21-35(9)10/h13-16,31-36H,17-30H2,1-12H3. The monoisotopic (exact) mass is 651 g/mol. The average molecular weight is 651 g/mol. The van der Waals surface area contributed by atoms with Crippen molar-refractivity contribution in [2.24, 2.45) is 35.5 Å². The van der Waals surface area contributed by atoms with E-state index in [4.69, 9.17) is 0 Å². The van der Waals surface area contributed by atoms with Gasteiger partial charge in [0.1, 0.15) is 0 Å². The minimum absolute atomic E-state index is 0.714. The summed E-state index contributed by atoms with van der Waals surface area (Å²) in [5, 5.41) is 3.10. The Morgan fingerprint density at radius 2 is 0.562 bits per heavy atom. The zero-order valence-corrected chi connectivity index (χ0v) is 33.7. The van der Waals surface area contributed by atoms with Crippen molar-refractivity contribution in [3.8, 4) is 0 Å². The van der Waals surface area contributed by atoms with Crippen molar-refractivity contribution in [3.63, 3.8) is 0 Å². The molecule has 0 saturated carbocycles. The third kappa shape index (κ3) is 9.79. The predicted molar refractivity (Wildman–Crippen MR) is 215 cm³/mol. The summed E-state index contributed by atoms with van der Waals surface area (Å²) >= 11 is 0. The Morgan fingerprint density at radius 1 is 0.333 bits per heavy atom. The number of hydrogen-bond donors (Lipinski definition) is 0. The second kappa shape index (κ2) is 17.7. The molecule has 0 fully saturated rings. The van der Waals surface area contributed by atoms with Crippen molar-refractivity contribution in [1.82, 2.24) is 0 Å². The Kier molecular flexibility index (Phi) is 14.3. The highest BCUT2D eigenvalue weighted by Crippen LogP contribution is 2.44. The highest BCUT2D eigenvalue weighted by molar-refractivity contribution is 5.92. The summed E-state index contributed by atoms with van der Waals surface area (Å²) in [5.41, 5.74) is 17.5. The molecule has 0 bridgehead atoms. The molecule has 0 aliphatic heterocycles. The van der Waals surface area contributed by atoms with E-state index in [1.807, 2.05) is 0 Å². The summed E-state index contributed by atoms with van der Waals surface area (Å²) in [7, 11) is 0. The molecule has 48 heavy (non-hydrogen) atoms. The molecule has 0 heterocycles. The fourth-order valence-corrected chi connectivity index (χ4v) is 8.38. The summed E-state index contributed by atoms with van der Waals surface area (Å²) in [6.45, 7) is 29.1. The quantitative estimate of drug-likeness (QED) is 0.100. The van der Waals surface area contributed by atoms with Crippen LogP contribution in [-0.2, 0) is 51.4 Å². The summed E-state index contributed by atoms with van der Waals surface area (Å²) in [5.74, 6) is 4.34. The van der Waals surface area contributed by atoms with E-state index in [0.717, 1.165) is 36.5 Å². The van der Waals surface area contributed by atoms with E-state index in [-0.39, 0.29) is 0 Å². The number of rotatable bonds is 18. The first-order valence-electron chi connectivity index (χ1n) is 20.5. The van der Waals surface area contributed by atoms with Crippen LogP contribution in [0.25, 0.3) is 10.8 Å². The number of benzene rings is 3. The van der Waals surface area contributed by atoms with Gasteiger partial charge in [-0.2, -0.15) is 0 Å². The van der Waals surface area contributed by atoms with Gasteiger partial charge in [-0.1, -0.05) is 107 Å². The smallest absolute Gasteiger partial charge is 0.00141 e. The topological polar surface area (TPSA) is 0 Å². The number of aryl methyl sites for hydroxylation is 2. The Hall–Kier alpha value is -2.08. The van der Waals surface area contributed by atoms with Gasteiger partial charge in [-0.3, -0.25) is 0 Å². The largest absolute Gasteiger partial charge is 0.0628 e. The minimum atomic E-state index is 0.714. The van der Waals surface area contributed by atoms with Gasteiger partial charge in [0.2, 0.25) is 0 Å². The van der Waals surface area contributed by atoms with E-state index in [2.05, 4.69) is 107 Å². The van der Waals surface area contributed by atoms with Crippen LogP contribution in [0, 0.1) is 35.5 Å². The molecule has 1 aliphatic carbocycles. The van der Waals surface area contributed by atoms with Gasteiger partial charge in [0, 0.05) is 0 Å². The molecule has 3 aromatic carbocycles. The first-order chi connectivity index (χ1) is 22.8. The first kappa shape index (κ1) is 38.7. The molecule has 0 saturated heterocycles. The van der Waals surface area contributed by atoms with Crippen molar-refractivity contribution in [2.45, 2.75) is 173 Å². The molecule has 0 radical (unpaired) electrons. The van der Waals surface area contributed by atoms with E-state index >= 15 is 0 Å². The van der Waals surface area contributed by atoms with Gasteiger partial charge < -0.3 is 0 Å². The van der Waals surface area contributed by atoms with Gasteiger partial charge >= 0.3 is 0 Å². The van der Waals surface area contributed by atoms with Crippen LogP contribution in [0.2, 0.25) is 0 Å². The van der Waals surface area contributed by atoms with Crippen LogP contribution in [0.4, 0.5) is 0 Å². The lowest BCUT2D eigenvalue weighted by Crippen LogP contribution is -2.22. The summed E-state index contributed by atoms with van der Waals surface area (Å²) in [6, 6.07) is 9.55. The Morgan fingerprint density at radius 3 is 0.833 bits per heavy atom. The Labute approximate surface area is 298 Å². The molecule has 0 amide bonds. The van der Waals surface area contributed by atoms with Crippen molar-refractivity contribution in [2.75, 3.05) is 0 Å². The predicted octanol–water partition coefficient (Wildman–Crippen LogP) is 13.9. The van der Waals surface area contributed by atoms with E-state index in [9.17, 15) is 0 Å². The third-order valence-corrected chi connectivity index (χ3v) is 11.4. The molecular weight excluding hydrogens is 577 g/mol. The fourth-order valence-electron chi connectivity index (χ4n) is 8.38. The molecule has 0 unspecified atom stereocenters. The summed E-state index contributed by atoms with van der Waals surface area (Å²) in [6.07, 6.45) is 17.4. The van der Waals surface area contributed by atoms with Gasteiger partial charge in [0.05, 0.1) is 0 Å². The number of fused-ring (bicyclic) bond motifs is 3. The Balaban J connectivity index is 2.08. The van der Waals surface area contributed by atoms with Crippen LogP contribution in [-0.4, -0.2) is 0 Å². The normalized spacial score (nSPS) is 13.3. The fraction of sp³-hybridized carbons (Fsp3) is 0.667. The lowest BCUT2D eigenvalue weighted by molar-refractivity contribution is 0.550. The van der Waals surface area contributed by atoms with Crippen LogP contribution in [0.15, 0.2) is 24.3 Å². The zero-order valence-electron chi connectivity index (χ0n) is 33.7. The van der Waals surface area contributed by atoms with Crippen LogP contribution < -0.4 is 0 Å². The molecular formula is C48H74. The van der Waals surface area contributed by atoms with Crippen LogP contribution in [0.5, 0.6) is 0 Å². The van der Waals surface area contributed by atoms with Gasteiger partial charge in [-0.25, -0.2) is 0 Å². The van der Waals surface area contributed by atoms with Crippen molar-refractivity contribution in [1.29, 1.82) is 0 Å². The molecule has 0 N–H and O–H groups in total. The highest BCUT2D eigenvalue weighted by Gasteiger charge is 2.31.